The Labute approximate surface area is 160 Å². The normalized spacial score (nSPS) is 15.2. The van der Waals surface area contributed by atoms with Crippen molar-refractivity contribution in [2.45, 2.75) is 13.3 Å². The van der Waals surface area contributed by atoms with Gasteiger partial charge in [0.2, 0.25) is 0 Å². The summed E-state index contributed by atoms with van der Waals surface area (Å²) in [7, 11) is 1.65. The summed E-state index contributed by atoms with van der Waals surface area (Å²) < 4.78 is 10.7. The van der Waals surface area contributed by atoms with Gasteiger partial charge < -0.3 is 9.47 Å². The average Bonchev–Trinajstić information content (AvgIpc) is 2.73. The van der Waals surface area contributed by atoms with Gasteiger partial charge in [0.1, 0.15) is 5.75 Å². The molecule has 0 aliphatic carbocycles. The first-order valence-electron chi connectivity index (χ1n) is 9.43. The van der Waals surface area contributed by atoms with Crippen LogP contribution in [0.3, 0.4) is 0 Å². The number of aryl methyl sites for hydroxylation is 1. The van der Waals surface area contributed by atoms with Gasteiger partial charge in [-0.2, -0.15) is 0 Å². The Balaban J connectivity index is 1.58. The molecule has 1 aliphatic rings. The molecule has 2 aromatic heterocycles. The number of fused-ring (bicyclic) bond motifs is 1. The van der Waals surface area contributed by atoms with Crippen molar-refractivity contribution in [2.75, 3.05) is 40.0 Å². The highest BCUT2D eigenvalue weighted by Crippen LogP contribution is 2.26. The Morgan fingerprint density at radius 1 is 1.11 bits per heavy atom. The predicted octanol–water partition coefficient (Wildman–Crippen LogP) is 3.49. The lowest BCUT2D eigenvalue weighted by molar-refractivity contribution is 0.0384. The second-order valence-corrected chi connectivity index (χ2v) is 6.99. The Hall–Kier alpha value is -2.50. The molecule has 0 amide bonds. The maximum atomic E-state index is 5.43. The molecule has 0 bridgehead atoms. The number of methoxy groups -OCH3 is 1. The number of pyridine rings is 2. The van der Waals surface area contributed by atoms with E-state index in [2.05, 4.69) is 41.1 Å². The second kappa shape index (κ2) is 8.03. The third kappa shape index (κ3) is 4.10. The van der Waals surface area contributed by atoms with E-state index >= 15 is 0 Å². The number of hydrogen-bond donors (Lipinski definition) is 0. The van der Waals surface area contributed by atoms with Crippen molar-refractivity contribution in [2.24, 2.45) is 0 Å². The van der Waals surface area contributed by atoms with Crippen molar-refractivity contribution in [3.8, 4) is 17.0 Å². The van der Waals surface area contributed by atoms with Crippen molar-refractivity contribution >= 4 is 10.9 Å². The van der Waals surface area contributed by atoms with Crippen LogP contribution < -0.4 is 4.74 Å². The number of nitrogens with zero attached hydrogens (tertiary/aromatic N) is 3. The minimum absolute atomic E-state index is 0.741. The highest BCUT2D eigenvalue weighted by Gasteiger charge is 2.11. The molecule has 1 aliphatic heterocycles. The van der Waals surface area contributed by atoms with Crippen molar-refractivity contribution < 1.29 is 9.47 Å². The quantitative estimate of drug-likeness (QED) is 0.694. The molecule has 0 radical (unpaired) electrons. The molecule has 1 saturated heterocycles. The van der Waals surface area contributed by atoms with Crippen LogP contribution >= 0.6 is 0 Å². The fraction of sp³-hybridized carbons (Fsp3) is 0.364. The largest absolute Gasteiger partial charge is 0.495 e. The van der Waals surface area contributed by atoms with Crippen LogP contribution in [0.25, 0.3) is 22.2 Å². The molecule has 5 heteroatoms. The van der Waals surface area contributed by atoms with Crippen LogP contribution in [-0.2, 0) is 11.2 Å². The SMILES string of the molecule is COc1cncc(-c2cc(C)c3cc(CCN4CCOCC4)ccc3n2)c1. The molecule has 5 nitrogen and oxygen atoms in total. The topological polar surface area (TPSA) is 47.5 Å². The molecule has 140 valence electrons. The smallest absolute Gasteiger partial charge is 0.137 e. The lowest BCUT2D eigenvalue weighted by Crippen LogP contribution is -2.37. The third-order valence-corrected chi connectivity index (χ3v) is 5.14. The first-order chi connectivity index (χ1) is 13.2. The summed E-state index contributed by atoms with van der Waals surface area (Å²) >= 11 is 0. The van der Waals surface area contributed by atoms with Gasteiger partial charge >= 0.3 is 0 Å². The molecule has 4 rings (SSSR count). The lowest BCUT2D eigenvalue weighted by atomic mass is 10.0. The minimum atomic E-state index is 0.741. The van der Waals surface area contributed by atoms with Crippen LogP contribution in [-0.4, -0.2) is 54.8 Å². The molecule has 0 spiro atoms. The molecule has 0 N–H and O–H groups in total. The summed E-state index contributed by atoms with van der Waals surface area (Å²) in [6.07, 6.45) is 4.59. The first-order valence-corrected chi connectivity index (χ1v) is 9.43. The summed E-state index contributed by atoms with van der Waals surface area (Å²) in [6, 6.07) is 10.7. The van der Waals surface area contributed by atoms with Gasteiger partial charge in [-0.3, -0.25) is 9.88 Å². The van der Waals surface area contributed by atoms with E-state index in [1.54, 1.807) is 13.3 Å². The van der Waals surface area contributed by atoms with Crippen molar-refractivity contribution in [1.29, 1.82) is 0 Å². The van der Waals surface area contributed by atoms with E-state index in [9.17, 15) is 0 Å². The summed E-state index contributed by atoms with van der Waals surface area (Å²) in [6.45, 7) is 6.99. The molecule has 1 aromatic carbocycles. The predicted molar refractivity (Wildman–Crippen MR) is 107 cm³/mol. The van der Waals surface area contributed by atoms with Gasteiger partial charge in [-0.05, 0) is 48.7 Å². The summed E-state index contributed by atoms with van der Waals surface area (Å²) in [5, 5.41) is 1.22. The maximum absolute atomic E-state index is 5.43. The van der Waals surface area contributed by atoms with Gasteiger partial charge in [0.05, 0.1) is 37.7 Å². The van der Waals surface area contributed by atoms with Crippen LogP contribution in [0.5, 0.6) is 5.75 Å². The van der Waals surface area contributed by atoms with E-state index in [-0.39, 0.29) is 0 Å². The lowest BCUT2D eigenvalue weighted by Gasteiger charge is -2.26. The zero-order valence-corrected chi connectivity index (χ0v) is 15.9. The monoisotopic (exact) mass is 363 g/mol. The Kier molecular flexibility index (Phi) is 5.32. The summed E-state index contributed by atoms with van der Waals surface area (Å²) in [5.74, 6) is 0.741. The number of aromatic nitrogens is 2. The van der Waals surface area contributed by atoms with Crippen molar-refractivity contribution in [3.63, 3.8) is 0 Å². The maximum Gasteiger partial charge on any atom is 0.137 e. The fourth-order valence-electron chi connectivity index (χ4n) is 3.53. The zero-order chi connectivity index (χ0) is 18.6. The van der Waals surface area contributed by atoms with E-state index < -0.39 is 0 Å². The van der Waals surface area contributed by atoms with Crippen LogP contribution in [0.2, 0.25) is 0 Å². The van der Waals surface area contributed by atoms with E-state index in [0.29, 0.717) is 0 Å². The average molecular weight is 363 g/mol. The standard InChI is InChI=1S/C22H25N3O2/c1-16-11-22(18-13-19(26-2)15-23-14-18)24-21-4-3-17(12-20(16)21)5-6-25-7-9-27-10-8-25/h3-4,11-15H,5-10H2,1-2H3. The van der Waals surface area contributed by atoms with Crippen LogP contribution in [0.15, 0.2) is 42.7 Å². The second-order valence-electron chi connectivity index (χ2n) is 6.99. The first kappa shape index (κ1) is 17.9. The number of ether oxygens (including phenoxy) is 2. The van der Waals surface area contributed by atoms with Gasteiger partial charge in [0.25, 0.3) is 0 Å². The molecule has 27 heavy (non-hydrogen) atoms. The number of morpholine rings is 1. The van der Waals surface area contributed by atoms with Crippen LogP contribution in [0.1, 0.15) is 11.1 Å². The molecule has 3 heterocycles. The Morgan fingerprint density at radius 3 is 2.78 bits per heavy atom. The number of rotatable bonds is 5. The highest BCUT2D eigenvalue weighted by atomic mass is 16.5. The fourth-order valence-corrected chi connectivity index (χ4v) is 3.53. The molecule has 0 unspecified atom stereocenters. The Bertz CT molecular complexity index is 936. The highest BCUT2D eigenvalue weighted by molar-refractivity contribution is 5.85. The number of hydrogen-bond acceptors (Lipinski definition) is 5. The molecule has 0 saturated carbocycles. The zero-order valence-electron chi connectivity index (χ0n) is 15.9. The van der Waals surface area contributed by atoms with Crippen LogP contribution in [0.4, 0.5) is 0 Å². The minimum Gasteiger partial charge on any atom is -0.495 e. The van der Waals surface area contributed by atoms with E-state index in [1.165, 1.54) is 16.5 Å². The van der Waals surface area contributed by atoms with E-state index in [4.69, 9.17) is 14.5 Å². The third-order valence-electron chi connectivity index (χ3n) is 5.14. The van der Waals surface area contributed by atoms with Crippen molar-refractivity contribution in [3.05, 3.63) is 53.9 Å². The van der Waals surface area contributed by atoms with E-state index in [0.717, 1.165) is 61.8 Å². The molecular formula is C22H25N3O2. The molecular weight excluding hydrogens is 338 g/mol. The van der Waals surface area contributed by atoms with Gasteiger partial charge in [-0.25, -0.2) is 4.98 Å². The van der Waals surface area contributed by atoms with Crippen LogP contribution in [0, 0.1) is 6.92 Å². The van der Waals surface area contributed by atoms with Gasteiger partial charge in [0.15, 0.2) is 0 Å². The summed E-state index contributed by atoms with van der Waals surface area (Å²) in [4.78, 5) is 11.6. The van der Waals surface area contributed by atoms with E-state index in [1.807, 2.05) is 12.3 Å². The van der Waals surface area contributed by atoms with Gasteiger partial charge in [0, 0.05) is 36.8 Å². The van der Waals surface area contributed by atoms with Gasteiger partial charge in [-0.1, -0.05) is 6.07 Å². The molecule has 1 fully saturated rings. The van der Waals surface area contributed by atoms with Crippen molar-refractivity contribution in [1.82, 2.24) is 14.9 Å². The van der Waals surface area contributed by atoms with Gasteiger partial charge in [-0.15, -0.1) is 0 Å². The Morgan fingerprint density at radius 2 is 1.96 bits per heavy atom. The number of benzene rings is 1. The molecule has 3 aromatic rings. The molecule has 0 atom stereocenters. The summed E-state index contributed by atoms with van der Waals surface area (Å²) in [5.41, 5.74) is 5.49.